The van der Waals surface area contributed by atoms with Gasteiger partial charge in [-0.1, -0.05) is 0 Å². The van der Waals surface area contributed by atoms with Crippen LogP contribution in [0.25, 0.3) is 0 Å². The molecule has 1 atom stereocenters. The smallest absolute Gasteiger partial charge is 0.147 e. The molecule has 1 saturated heterocycles. The fourth-order valence-corrected chi connectivity index (χ4v) is 1.53. The summed E-state index contributed by atoms with van der Waals surface area (Å²) in [5, 5.41) is 3.15. The van der Waals surface area contributed by atoms with Gasteiger partial charge < -0.3 is 10.1 Å². The second-order valence-electron chi connectivity index (χ2n) is 3.38. The van der Waals surface area contributed by atoms with Crippen LogP contribution in [0.3, 0.4) is 0 Å². The summed E-state index contributed by atoms with van der Waals surface area (Å²) in [6.07, 6.45) is -0.247. The number of morpholine rings is 1. The van der Waals surface area contributed by atoms with Gasteiger partial charge in [-0.2, -0.15) is 0 Å². The molecule has 1 aromatic heterocycles. The van der Waals surface area contributed by atoms with E-state index in [1.807, 2.05) is 6.92 Å². The van der Waals surface area contributed by atoms with E-state index in [0.29, 0.717) is 18.8 Å². The number of halogens is 1. The van der Waals surface area contributed by atoms with Gasteiger partial charge in [0.25, 0.3) is 0 Å². The van der Waals surface area contributed by atoms with Gasteiger partial charge in [0.2, 0.25) is 0 Å². The molecule has 0 saturated carbocycles. The SMILES string of the molecule is Cc1ccc(F)c(C2CNCCO2)n1. The van der Waals surface area contributed by atoms with E-state index in [2.05, 4.69) is 10.3 Å². The Morgan fingerprint density at radius 2 is 2.43 bits per heavy atom. The molecule has 76 valence electrons. The summed E-state index contributed by atoms with van der Waals surface area (Å²) in [5.41, 5.74) is 1.23. The zero-order chi connectivity index (χ0) is 9.97. The van der Waals surface area contributed by atoms with Crippen LogP contribution in [-0.4, -0.2) is 24.7 Å². The molecule has 2 heterocycles. The van der Waals surface area contributed by atoms with Crippen LogP contribution in [0, 0.1) is 12.7 Å². The van der Waals surface area contributed by atoms with Gasteiger partial charge in [-0.3, -0.25) is 4.98 Å². The van der Waals surface area contributed by atoms with Crippen LogP contribution < -0.4 is 5.32 Å². The van der Waals surface area contributed by atoms with Crippen LogP contribution in [0.4, 0.5) is 4.39 Å². The minimum atomic E-state index is -0.288. The van der Waals surface area contributed by atoms with Crippen molar-refractivity contribution in [2.24, 2.45) is 0 Å². The molecule has 0 amide bonds. The molecule has 4 heteroatoms. The van der Waals surface area contributed by atoms with E-state index in [9.17, 15) is 4.39 Å². The first-order chi connectivity index (χ1) is 6.77. The fraction of sp³-hybridized carbons (Fsp3) is 0.500. The summed E-state index contributed by atoms with van der Waals surface area (Å²) in [7, 11) is 0. The first-order valence-electron chi connectivity index (χ1n) is 4.73. The van der Waals surface area contributed by atoms with Crippen molar-refractivity contribution >= 4 is 0 Å². The van der Waals surface area contributed by atoms with Crippen LogP contribution in [0.5, 0.6) is 0 Å². The maximum Gasteiger partial charge on any atom is 0.147 e. The third-order valence-electron chi connectivity index (χ3n) is 2.24. The highest BCUT2D eigenvalue weighted by molar-refractivity contribution is 5.15. The van der Waals surface area contributed by atoms with E-state index in [4.69, 9.17) is 4.74 Å². The first-order valence-corrected chi connectivity index (χ1v) is 4.73. The van der Waals surface area contributed by atoms with Gasteiger partial charge in [-0.05, 0) is 19.1 Å². The van der Waals surface area contributed by atoms with Gasteiger partial charge in [0.1, 0.15) is 17.6 Å². The highest BCUT2D eigenvalue weighted by Crippen LogP contribution is 2.19. The second-order valence-corrected chi connectivity index (χ2v) is 3.38. The summed E-state index contributed by atoms with van der Waals surface area (Å²) < 4.78 is 18.8. The van der Waals surface area contributed by atoms with Crippen molar-refractivity contribution in [1.82, 2.24) is 10.3 Å². The van der Waals surface area contributed by atoms with Gasteiger partial charge in [-0.25, -0.2) is 4.39 Å². The van der Waals surface area contributed by atoms with E-state index in [1.165, 1.54) is 6.07 Å². The molecular weight excluding hydrogens is 183 g/mol. The number of pyridine rings is 1. The lowest BCUT2D eigenvalue weighted by atomic mass is 10.2. The van der Waals surface area contributed by atoms with E-state index in [0.717, 1.165) is 12.2 Å². The average Bonchev–Trinajstić information content (AvgIpc) is 2.23. The molecule has 1 aliphatic heterocycles. The molecule has 1 aromatic rings. The molecule has 1 fully saturated rings. The number of aromatic nitrogens is 1. The van der Waals surface area contributed by atoms with Crippen molar-refractivity contribution in [3.8, 4) is 0 Å². The topological polar surface area (TPSA) is 34.1 Å². The zero-order valence-corrected chi connectivity index (χ0v) is 8.09. The quantitative estimate of drug-likeness (QED) is 0.732. The van der Waals surface area contributed by atoms with E-state index >= 15 is 0 Å². The Hall–Kier alpha value is -1.00. The zero-order valence-electron chi connectivity index (χ0n) is 8.09. The van der Waals surface area contributed by atoms with E-state index in [-0.39, 0.29) is 11.9 Å². The Morgan fingerprint density at radius 3 is 3.14 bits per heavy atom. The molecule has 0 radical (unpaired) electrons. The molecule has 0 aromatic carbocycles. The summed E-state index contributed by atoms with van der Waals surface area (Å²) >= 11 is 0. The van der Waals surface area contributed by atoms with Crippen molar-refractivity contribution in [3.63, 3.8) is 0 Å². The lowest BCUT2D eigenvalue weighted by molar-refractivity contribution is 0.0226. The van der Waals surface area contributed by atoms with Gasteiger partial charge in [-0.15, -0.1) is 0 Å². The van der Waals surface area contributed by atoms with Gasteiger partial charge in [0.05, 0.1) is 6.61 Å². The summed E-state index contributed by atoms with van der Waals surface area (Å²) in [6, 6.07) is 3.10. The number of nitrogens with zero attached hydrogens (tertiary/aromatic N) is 1. The predicted molar refractivity (Wildman–Crippen MR) is 50.5 cm³/mol. The molecule has 1 N–H and O–H groups in total. The number of rotatable bonds is 1. The molecule has 14 heavy (non-hydrogen) atoms. The van der Waals surface area contributed by atoms with E-state index < -0.39 is 0 Å². The molecule has 2 rings (SSSR count). The normalized spacial score (nSPS) is 22.3. The third kappa shape index (κ3) is 1.91. The van der Waals surface area contributed by atoms with Crippen molar-refractivity contribution in [2.45, 2.75) is 13.0 Å². The molecule has 1 unspecified atom stereocenters. The number of nitrogens with one attached hydrogen (secondary N) is 1. The summed E-state index contributed by atoms with van der Waals surface area (Å²) in [5.74, 6) is -0.288. The van der Waals surface area contributed by atoms with Crippen LogP contribution in [-0.2, 0) is 4.74 Å². The van der Waals surface area contributed by atoms with Crippen LogP contribution in [0.2, 0.25) is 0 Å². The van der Waals surface area contributed by atoms with Crippen molar-refractivity contribution in [2.75, 3.05) is 19.7 Å². The maximum absolute atomic E-state index is 13.4. The number of aryl methyl sites for hydroxylation is 1. The molecule has 3 nitrogen and oxygen atoms in total. The summed E-state index contributed by atoms with van der Waals surface area (Å²) in [6.45, 7) is 3.91. The second kappa shape index (κ2) is 4.02. The monoisotopic (exact) mass is 196 g/mol. The molecule has 0 aliphatic carbocycles. The Bertz CT molecular complexity index is 324. The minimum Gasteiger partial charge on any atom is -0.369 e. The molecular formula is C10H13FN2O. The van der Waals surface area contributed by atoms with Crippen LogP contribution >= 0.6 is 0 Å². The Balaban J connectivity index is 2.24. The van der Waals surface area contributed by atoms with Gasteiger partial charge in [0.15, 0.2) is 0 Å². The lowest BCUT2D eigenvalue weighted by Crippen LogP contribution is -2.34. The Kier molecular flexibility index (Phi) is 2.74. The fourth-order valence-electron chi connectivity index (χ4n) is 1.53. The van der Waals surface area contributed by atoms with Crippen molar-refractivity contribution in [1.29, 1.82) is 0 Å². The predicted octanol–water partition coefficient (Wildman–Crippen LogP) is 1.19. The molecule has 0 spiro atoms. The van der Waals surface area contributed by atoms with Crippen LogP contribution in [0.15, 0.2) is 12.1 Å². The first kappa shape index (κ1) is 9.55. The van der Waals surface area contributed by atoms with E-state index in [1.54, 1.807) is 6.07 Å². The van der Waals surface area contributed by atoms with Crippen molar-refractivity contribution in [3.05, 3.63) is 29.3 Å². The average molecular weight is 196 g/mol. The number of hydrogen-bond acceptors (Lipinski definition) is 3. The standard InChI is InChI=1S/C10H13FN2O/c1-7-2-3-8(11)10(13-7)9-6-12-4-5-14-9/h2-3,9,12H,4-6H2,1H3. The van der Waals surface area contributed by atoms with Gasteiger partial charge in [0, 0.05) is 18.8 Å². The third-order valence-corrected chi connectivity index (χ3v) is 2.24. The minimum absolute atomic E-state index is 0.247. The Labute approximate surface area is 82.3 Å². The van der Waals surface area contributed by atoms with Gasteiger partial charge >= 0.3 is 0 Å². The number of ether oxygens (including phenoxy) is 1. The number of hydrogen-bond donors (Lipinski definition) is 1. The maximum atomic E-state index is 13.4. The lowest BCUT2D eigenvalue weighted by Gasteiger charge is -2.23. The Morgan fingerprint density at radius 1 is 1.57 bits per heavy atom. The van der Waals surface area contributed by atoms with Crippen LogP contribution in [0.1, 0.15) is 17.5 Å². The molecule has 1 aliphatic rings. The highest BCUT2D eigenvalue weighted by atomic mass is 19.1. The van der Waals surface area contributed by atoms with Crippen molar-refractivity contribution < 1.29 is 9.13 Å². The largest absolute Gasteiger partial charge is 0.369 e. The summed E-state index contributed by atoms with van der Waals surface area (Å²) in [4.78, 5) is 4.16. The molecule has 0 bridgehead atoms. The highest BCUT2D eigenvalue weighted by Gasteiger charge is 2.20.